The van der Waals surface area contributed by atoms with Crippen LogP contribution in [0.2, 0.25) is 0 Å². The van der Waals surface area contributed by atoms with E-state index < -0.39 is 0 Å². The number of hydrogen-bond donors (Lipinski definition) is 1. The summed E-state index contributed by atoms with van der Waals surface area (Å²) in [5, 5.41) is 3.54. The van der Waals surface area contributed by atoms with Gasteiger partial charge in [-0.15, -0.1) is 0 Å². The Kier molecular flexibility index (Phi) is 3.97. The third-order valence-electron chi connectivity index (χ3n) is 4.44. The lowest BCUT2D eigenvalue weighted by atomic mass is 10.0. The molecule has 2 unspecified atom stereocenters. The largest absolute Gasteiger partial charge is 0.378 e. The second kappa shape index (κ2) is 5.87. The SMILES string of the molecule is CC1OCCC1CNc1ncnc2c1CCCCC2. The Balaban J connectivity index is 1.70. The smallest absolute Gasteiger partial charge is 0.132 e. The van der Waals surface area contributed by atoms with Gasteiger partial charge in [-0.05, 0) is 39.0 Å². The average Bonchev–Trinajstić information content (AvgIpc) is 2.69. The van der Waals surface area contributed by atoms with Crippen LogP contribution in [-0.4, -0.2) is 29.2 Å². The number of hydrogen-bond acceptors (Lipinski definition) is 4. The van der Waals surface area contributed by atoms with Crippen LogP contribution in [0.4, 0.5) is 5.82 Å². The van der Waals surface area contributed by atoms with Crippen molar-refractivity contribution in [3.8, 4) is 0 Å². The molecule has 0 aromatic carbocycles. The van der Waals surface area contributed by atoms with Crippen LogP contribution in [0.1, 0.15) is 43.9 Å². The van der Waals surface area contributed by atoms with Gasteiger partial charge in [0.25, 0.3) is 0 Å². The number of nitrogens with one attached hydrogen (secondary N) is 1. The molecule has 104 valence electrons. The lowest BCUT2D eigenvalue weighted by Crippen LogP contribution is -2.22. The van der Waals surface area contributed by atoms with Gasteiger partial charge in [0.15, 0.2) is 0 Å². The molecule has 2 atom stereocenters. The molecule has 4 nitrogen and oxygen atoms in total. The first-order chi connectivity index (χ1) is 9.34. The first-order valence-electron chi connectivity index (χ1n) is 7.53. The molecule has 1 aliphatic carbocycles. The van der Waals surface area contributed by atoms with Gasteiger partial charge in [-0.2, -0.15) is 0 Å². The van der Waals surface area contributed by atoms with Crippen molar-refractivity contribution in [2.24, 2.45) is 5.92 Å². The van der Waals surface area contributed by atoms with Gasteiger partial charge in [0.05, 0.1) is 6.10 Å². The summed E-state index contributed by atoms with van der Waals surface area (Å²) in [5.74, 6) is 1.67. The van der Waals surface area contributed by atoms with Gasteiger partial charge in [0.2, 0.25) is 0 Å². The van der Waals surface area contributed by atoms with E-state index in [2.05, 4.69) is 22.2 Å². The van der Waals surface area contributed by atoms with Gasteiger partial charge < -0.3 is 10.1 Å². The van der Waals surface area contributed by atoms with Crippen LogP contribution in [-0.2, 0) is 17.6 Å². The van der Waals surface area contributed by atoms with Crippen molar-refractivity contribution < 1.29 is 4.74 Å². The molecule has 0 amide bonds. The van der Waals surface area contributed by atoms with Gasteiger partial charge in [-0.25, -0.2) is 9.97 Å². The van der Waals surface area contributed by atoms with Crippen molar-refractivity contribution >= 4 is 5.82 Å². The predicted octanol–water partition coefficient (Wildman–Crippen LogP) is 2.58. The molecule has 1 fully saturated rings. The lowest BCUT2D eigenvalue weighted by molar-refractivity contribution is 0.108. The maximum Gasteiger partial charge on any atom is 0.132 e. The fourth-order valence-electron chi connectivity index (χ4n) is 3.12. The van der Waals surface area contributed by atoms with Crippen LogP contribution in [0.3, 0.4) is 0 Å². The third-order valence-corrected chi connectivity index (χ3v) is 4.44. The quantitative estimate of drug-likeness (QED) is 0.850. The lowest BCUT2D eigenvalue weighted by Gasteiger charge is -2.17. The number of ether oxygens (including phenoxy) is 1. The minimum absolute atomic E-state index is 0.368. The molecule has 2 heterocycles. The molecule has 1 aromatic rings. The molecule has 0 bridgehead atoms. The summed E-state index contributed by atoms with van der Waals surface area (Å²) < 4.78 is 5.61. The highest BCUT2D eigenvalue weighted by Gasteiger charge is 2.24. The monoisotopic (exact) mass is 261 g/mol. The van der Waals surface area contributed by atoms with Gasteiger partial charge in [0, 0.05) is 30.3 Å². The molecule has 1 saturated heterocycles. The zero-order chi connectivity index (χ0) is 13.1. The Hall–Kier alpha value is -1.16. The zero-order valence-corrected chi connectivity index (χ0v) is 11.7. The molecule has 1 N–H and O–H groups in total. The number of fused-ring (bicyclic) bond motifs is 1. The summed E-state index contributed by atoms with van der Waals surface area (Å²) in [7, 11) is 0. The van der Waals surface area contributed by atoms with Crippen LogP contribution in [0.5, 0.6) is 0 Å². The molecule has 1 aliphatic heterocycles. The number of rotatable bonds is 3. The minimum Gasteiger partial charge on any atom is -0.378 e. The molecule has 0 saturated carbocycles. The maximum absolute atomic E-state index is 5.61. The molecule has 3 rings (SSSR count). The Morgan fingerprint density at radius 3 is 3.00 bits per heavy atom. The highest BCUT2D eigenvalue weighted by atomic mass is 16.5. The van der Waals surface area contributed by atoms with Gasteiger partial charge in [-0.1, -0.05) is 6.42 Å². The van der Waals surface area contributed by atoms with Crippen molar-refractivity contribution in [2.75, 3.05) is 18.5 Å². The first kappa shape index (κ1) is 12.9. The molecule has 4 heteroatoms. The van der Waals surface area contributed by atoms with E-state index in [9.17, 15) is 0 Å². The number of aromatic nitrogens is 2. The molecular weight excluding hydrogens is 238 g/mol. The molecule has 19 heavy (non-hydrogen) atoms. The normalized spacial score (nSPS) is 26.8. The van der Waals surface area contributed by atoms with Crippen molar-refractivity contribution in [1.29, 1.82) is 0 Å². The molecule has 0 spiro atoms. The van der Waals surface area contributed by atoms with Crippen LogP contribution in [0, 0.1) is 5.92 Å². The van der Waals surface area contributed by atoms with Crippen molar-refractivity contribution in [2.45, 2.75) is 51.6 Å². The molecule has 1 aromatic heterocycles. The van der Waals surface area contributed by atoms with Crippen LogP contribution < -0.4 is 5.32 Å². The van der Waals surface area contributed by atoms with Crippen molar-refractivity contribution in [1.82, 2.24) is 9.97 Å². The first-order valence-corrected chi connectivity index (χ1v) is 7.53. The summed E-state index contributed by atoms with van der Waals surface area (Å²) >= 11 is 0. The summed E-state index contributed by atoms with van der Waals surface area (Å²) in [6.07, 6.45) is 9.29. The van der Waals surface area contributed by atoms with E-state index in [0.717, 1.165) is 38.2 Å². The van der Waals surface area contributed by atoms with E-state index in [1.165, 1.54) is 30.5 Å². The molecule has 0 radical (unpaired) electrons. The third kappa shape index (κ3) is 2.89. The van der Waals surface area contributed by atoms with E-state index in [1.54, 1.807) is 6.33 Å². The minimum atomic E-state index is 0.368. The second-order valence-corrected chi connectivity index (χ2v) is 5.71. The number of anilines is 1. The Morgan fingerprint density at radius 1 is 1.26 bits per heavy atom. The fourth-order valence-corrected chi connectivity index (χ4v) is 3.12. The standard InChI is InChI=1S/C15H23N3O/c1-11-12(7-8-19-11)9-16-15-13-5-3-2-4-6-14(13)17-10-18-15/h10-12H,2-9H2,1H3,(H,16,17,18). The highest BCUT2D eigenvalue weighted by Crippen LogP contribution is 2.25. The highest BCUT2D eigenvalue weighted by molar-refractivity contribution is 5.46. The molecular formula is C15H23N3O. The summed E-state index contributed by atoms with van der Waals surface area (Å²) in [5.41, 5.74) is 2.61. The van der Waals surface area contributed by atoms with Crippen molar-refractivity contribution in [3.05, 3.63) is 17.6 Å². The maximum atomic E-state index is 5.61. The van der Waals surface area contributed by atoms with E-state index in [-0.39, 0.29) is 0 Å². The predicted molar refractivity (Wildman–Crippen MR) is 75.3 cm³/mol. The van der Waals surface area contributed by atoms with Crippen LogP contribution >= 0.6 is 0 Å². The molecule has 2 aliphatic rings. The van der Waals surface area contributed by atoms with Gasteiger partial charge in [-0.3, -0.25) is 0 Å². The van der Waals surface area contributed by atoms with E-state index in [4.69, 9.17) is 4.74 Å². The van der Waals surface area contributed by atoms with Crippen LogP contribution in [0.25, 0.3) is 0 Å². The number of aryl methyl sites for hydroxylation is 1. The Morgan fingerprint density at radius 2 is 2.16 bits per heavy atom. The van der Waals surface area contributed by atoms with Gasteiger partial charge in [0.1, 0.15) is 12.1 Å². The van der Waals surface area contributed by atoms with Gasteiger partial charge >= 0.3 is 0 Å². The van der Waals surface area contributed by atoms with Crippen LogP contribution in [0.15, 0.2) is 6.33 Å². The average molecular weight is 261 g/mol. The zero-order valence-electron chi connectivity index (χ0n) is 11.7. The topological polar surface area (TPSA) is 47.0 Å². The Bertz CT molecular complexity index is 435. The second-order valence-electron chi connectivity index (χ2n) is 5.71. The van der Waals surface area contributed by atoms with E-state index in [1.807, 2.05) is 0 Å². The summed E-state index contributed by atoms with van der Waals surface area (Å²) in [6, 6.07) is 0. The summed E-state index contributed by atoms with van der Waals surface area (Å²) in [4.78, 5) is 8.92. The summed E-state index contributed by atoms with van der Waals surface area (Å²) in [6.45, 7) is 4.03. The number of nitrogens with zero attached hydrogens (tertiary/aromatic N) is 2. The Labute approximate surface area is 115 Å². The fraction of sp³-hybridized carbons (Fsp3) is 0.733. The van der Waals surface area contributed by atoms with E-state index >= 15 is 0 Å². The van der Waals surface area contributed by atoms with Crippen molar-refractivity contribution in [3.63, 3.8) is 0 Å². The van der Waals surface area contributed by atoms with E-state index in [0.29, 0.717) is 12.0 Å².